The molecular formula is C104H70N6O2Pt2Si2-6. The molecule has 4 aliphatic rings. The van der Waals surface area contributed by atoms with Crippen molar-refractivity contribution in [3.05, 3.63) is 450 Å². The second kappa shape index (κ2) is 32.4. The smallest absolute Gasteiger partial charge is 0.127 e. The Morgan fingerprint density at radius 3 is 1.07 bits per heavy atom. The predicted octanol–water partition coefficient (Wildman–Crippen LogP) is 19.7. The third-order valence-corrected chi connectivity index (χ3v) is 30.4. The summed E-state index contributed by atoms with van der Waals surface area (Å²) < 4.78 is 186. The molecule has 2 aromatic heterocycles. The Morgan fingerprint density at radius 1 is 0.293 bits per heavy atom. The first-order valence-corrected chi connectivity index (χ1v) is 40.7. The van der Waals surface area contributed by atoms with Crippen molar-refractivity contribution in [3.8, 4) is 90.0 Å². The number of benzene rings is 15. The minimum Gasteiger partial charge on any atom is -0.503 e. The first kappa shape index (κ1) is 54.6. The van der Waals surface area contributed by atoms with Crippen LogP contribution in [-0.2, 0) is 42.1 Å². The van der Waals surface area contributed by atoms with Crippen LogP contribution in [0.25, 0.3) is 67.0 Å². The molecule has 6 heterocycles. The predicted molar refractivity (Wildman–Crippen MR) is 470 cm³/mol. The zero-order valence-corrected chi connectivity index (χ0v) is 67.5. The SMILES string of the molecule is [2H]c1c([2H])c([2H])c(-c2cccc(-c3c([2H])c([2H])c([2H])c([2H])c3[2H])c2N2C=CN(c3[c-]c(Oc4[c-]c5c(cc4)[Si](c4ccccc4)(c4ccccc4)c4cccnc4-5)ccc3)[CH-]2)c([2H])c1[2H].[2H]c1c([2H])c([2H])c(-c2cccc(-c3c([2H])c([2H])c([2H])c([2H])c3[2H])c2N2[CH-]N(c3[c-]c(Oc4[c-]c5c(cc4)[Si](c4ccccc4)(c4ccccc4)c4cccnc4-5)ccc3)c3ccccc32)c([2H])c1[2H].[Pt].[Pt]. The number of hydrogen-bond donors (Lipinski definition) is 0. The molecule has 0 spiro atoms. The molecule has 0 aliphatic carbocycles. The minimum absolute atomic E-state index is 0. The van der Waals surface area contributed by atoms with E-state index in [-0.39, 0.29) is 98.0 Å². The summed E-state index contributed by atoms with van der Waals surface area (Å²) in [7, 11) is -5.54. The summed E-state index contributed by atoms with van der Waals surface area (Å²) in [6.45, 7) is 3.42. The van der Waals surface area contributed by atoms with Crippen LogP contribution in [0, 0.1) is 37.6 Å². The molecule has 21 rings (SSSR count). The first-order valence-electron chi connectivity index (χ1n) is 46.7. The Balaban J connectivity index is 0.000000179. The maximum atomic E-state index is 9.01. The first-order chi connectivity index (χ1) is 64.8. The zero-order valence-electron chi connectivity index (χ0n) is 81.0. The molecule has 0 amide bonds. The van der Waals surface area contributed by atoms with Crippen molar-refractivity contribution in [1.82, 2.24) is 9.97 Å². The number of nitrogens with zero attached hydrogens (tertiary/aromatic N) is 6. The molecule has 8 nitrogen and oxygen atoms in total. The van der Waals surface area contributed by atoms with Crippen LogP contribution >= 0.6 is 0 Å². The van der Waals surface area contributed by atoms with Crippen LogP contribution in [0.4, 0.5) is 34.1 Å². The van der Waals surface area contributed by atoms with Crippen LogP contribution in [0.2, 0.25) is 0 Å². The Morgan fingerprint density at radius 2 is 0.647 bits per heavy atom. The Kier molecular flexibility index (Phi) is 15.3. The molecule has 116 heavy (non-hydrogen) atoms. The molecule has 0 atom stereocenters. The van der Waals surface area contributed by atoms with Crippen LogP contribution in [0.3, 0.4) is 0 Å². The van der Waals surface area contributed by atoms with Gasteiger partial charge in [-0.05, 0) is 70.3 Å². The van der Waals surface area contributed by atoms with Gasteiger partial charge >= 0.3 is 0 Å². The van der Waals surface area contributed by atoms with E-state index in [0.29, 0.717) is 45.7 Å². The normalized spacial score (nSPS) is 15.8. The van der Waals surface area contributed by atoms with E-state index in [1.54, 1.807) is 95.2 Å². The van der Waals surface area contributed by atoms with E-state index >= 15 is 0 Å². The van der Waals surface area contributed by atoms with Gasteiger partial charge in [-0.15, -0.1) is 107 Å². The zero-order chi connectivity index (χ0) is 93.2. The van der Waals surface area contributed by atoms with Crippen LogP contribution in [0.1, 0.15) is 27.4 Å². The third kappa shape index (κ3) is 13.3. The van der Waals surface area contributed by atoms with Crippen molar-refractivity contribution in [1.29, 1.82) is 0 Å². The maximum absolute atomic E-state index is 9.01. The van der Waals surface area contributed by atoms with Crippen molar-refractivity contribution < 1.29 is 79.0 Å². The Hall–Kier alpha value is -13.0. The van der Waals surface area contributed by atoms with E-state index in [1.165, 1.54) is 31.1 Å². The molecule has 0 radical (unpaired) electrons. The van der Waals surface area contributed by atoms with Crippen LogP contribution < -0.4 is 70.6 Å². The number of hydrogen-bond acceptors (Lipinski definition) is 8. The molecule has 0 saturated heterocycles. The molecule has 562 valence electrons. The van der Waals surface area contributed by atoms with Gasteiger partial charge in [0.1, 0.15) is 16.1 Å². The van der Waals surface area contributed by atoms with Gasteiger partial charge in [-0.1, -0.05) is 346 Å². The fourth-order valence-electron chi connectivity index (χ4n) is 16.1. The molecule has 12 heteroatoms. The van der Waals surface area contributed by atoms with Gasteiger partial charge in [-0.2, -0.15) is 12.1 Å². The van der Waals surface area contributed by atoms with Crippen molar-refractivity contribution in [3.63, 3.8) is 0 Å². The maximum Gasteiger partial charge on any atom is 0.127 e. The standard InChI is InChI=1S/C54H36N3OSi.C50H34N3OSi.2Pt/c1-5-18-39(19-6-1)46-28-16-29-47(40-20-7-2-8-21-40)54(46)57-38-56(49-30-13-14-31-50(49)57)41-22-15-23-42(36-41)58-43-33-34-51-48(37-43)53-52(32-17-35-55-53)59(51,44-24-9-3-10-25-44)45-26-11-4-12-27-45;1-5-16-37(17-6-1)44-26-14-27-45(38-18-7-2-8-19-38)50(44)53-33-32-52(36-53)39-20-13-21-40(34-39)54-41-29-30-47-46(35-41)49-48(28-15-31-51-49)55(47,42-22-9-3-10-23-42)43-24-11-4-12-25-43;;/h1-35,38H;1-33,36H;;/q2*-3;;/i1D,2D,5D,6D,7D,8D,18D,19D,20D,21D;1D,2D,5D,6D,7D,8D,16D,17D,18D,19D;;. The van der Waals surface area contributed by atoms with E-state index in [2.05, 4.69) is 146 Å². The summed E-state index contributed by atoms with van der Waals surface area (Å²) in [6.07, 6.45) is 7.01. The van der Waals surface area contributed by atoms with Crippen molar-refractivity contribution in [2.24, 2.45) is 0 Å². The topological polar surface area (TPSA) is 57.2 Å². The summed E-state index contributed by atoms with van der Waals surface area (Å²) in [6, 6.07) is 90.5. The van der Waals surface area contributed by atoms with Crippen molar-refractivity contribution in [2.75, 3.05) is 19.6 Å². The second-order valence-corrected chi connectivity index (χ2v) is 34.4. The van der Waals surface area contributed by atoms with Crippen LogP contribution in [0.15, 0.2) is 413 Å². The van der Waals surface area contributed by atoms with E-state index in [9.17, 15) is 0 Å². The van der Waals surface area contributed by atoms with E-state index in [4.69, 9.17) is 46.9 Å². The number of ether oxygens (including phenoxy) is 2. The van der Waals surface area contributed by atoms with E-state index in [0.717, 1.165) is 32.9 Å². The molecule has 15 aromatic carbocycles. The fourth-order valence-corrected chi connectivity index (χ4v) is 26.2. The monoisotopic (exact) mass is 1900 g/mol. The summed E-state index contributed by atoms with van der Waals surface area (Å²) in [5.41, 5.74) is 6.59. The molecule has 0 unspecified atom stereocenters. The average molecular weight is 1900 g/mol. The quantitative estimate of drug-likeness (QED) is 0.0701. The van der Waals surface area contributed by atoms with Gasteiger partial charge < -0.3 is 39.0 Å². The summed E-state index contributed by atoms with van der Waals surface area (Å²) in [5, 5.41) is 9.63. The molecule has 4 aliphatic heterocycles. The number of para-hydroxylation sites is 4. The molecule has 0 saturated carbocycles. The summed E-state index contributed by atoms with van der Waals surface area (Å²) >= 11 is 0. The molecular weight excluding hydrogens is 1810 g/mol. The summed E-state index contributed by atoms with van der Waals surface area (Å²) in [4.78, 5) is 16.8. The fraction of sp³-hybridized carbons (Fsp3) is 0. The molecule has 0 fully saturated rings. The average Bonchev–Trinajstić information content (AvgIpc) is 1.54. The van der Waals surface area contributed by atoms with Crippen molar-refractivity contribution in [2.45, 2.75) is 0 Å². The summed E-state index contributed by atoms with van der Waals surface area (Å²) in [5.74, 6) is 1.72. The Bertz CT molecular complexity index is 7370. The number of pyridine rings is 2. The molecule has 17 aromatic rings. The number of rotatable bonds is 16. The number of fused-ring (bicyclic) bond motifs is 7. The third-order valence-electron chi connectivity index (χ3n) is 20.8. The minimum atomic E-state index is -2.78. The Labute approximate surface area is 735 Å². The van der Waals surface area contributed by atoms with Gasteiger partial charge in [0.15, 0.2) is 0 Å². The van der Waals surface area contributed by atoms with Gasteiger partial charge in [0.05, 0.1) is 27.4 Å². The van der Waals surface area contributed by atoms with Gasteiger partial charge in [0.2, 0.25) is 0 Å². The van der Waals surface area contributed by atoms with E-state index in [1.807, 2.05) is 108 Å². The van der Waals surface area contributed by atoms with Crippen molar-refractivity contribution >= 4 is 91.8 Å². The molecule has 0 bridgehead atoms. The van der Waals surface area contributed by atoms with Gasteiger partial charge in [-0.3, -0.25) is 0 Å². The largest absolute Gasteiger partial charge is 0.503 e. The van der Waals surface area contributed by atoms with Gasteiger partial charge in [0, 0.05) is 123 Å². The van der Waals surface area contributed by atoms with Gasteiger partial charge in [-0.25, -0.2) is 0 Å². The number of anilines is 6. The second-order valence-electron chi connectivity index (χ2n) is 27.0. The van der Waals surface area contributed by atoms with E-state index < -0.39 is 137 Å². The molecule has 0 N–H and O–H groups in total. The van der Waals surface area contributed by atoms with Crippen LogP contribution in [-0.4, -0.2) is 26.1 Å². The van der Waals surface area contributed by atoms with Gasteiger partial charge in [0.25, 0.3) is 0 Å². The number of aromatic nitrogens is 2. The van der Waals surface area contributed by atoms with Crippen LogP contribution in [0.5, 0.6) is 23.0 Å².